The molecule has 0 saturated heterocycles. The molecular weight excluding hydrogens is 336 g/mol. The summed E-state index contributed by atoms with van der Waals surface area (Å²) in [6, 6.07) is 4.01. The number of carbonyl (C=O) groups is 2. The molecule has 0 aromatic heterocycles. The van der Waals surface area contributed by atoms with Gasteiger partial charge in [-0.3, -0.25) is 4.79 Å². The molecule has 0 aliphatic heterocycles. The summed E-state index contributed by atoms with van der Waals surface area (Å²) < 4.78 is 0.686. The summed E-state index contributed by atoms with van der Waals surface area (Å²) in [6.07, 6.45) is 0. The van der Waals surface area contributed by atoms with Gasteiger partial charge in [-0.1, -0.05) is 11.6 Å². The van der Waals surface area contributed by atoms with Crippen molar-refractivity contribution < 1.29 is 14.7 Å². The van der Waals surface area contributed by atoms with Crippen LogP contribution in [-0.4, -0.2) is 23.1 Å². The van der Waals surface area contributed by atoms with Crippen molar-refractivity contribution in [3.05, 3.63) is 27.7 Å². The highest BCUT2D eigenvalue weighted by Crippen LogP contribution is 2.25. The van der Waals surface area contributed by atoms with Gasteiger partial charge < -0.3 is 15.7 Å². The standard InChI is InChI=1S/C12H14BrClN2O3/c1-6(11(17)18)7(2)15-12(19)16-10-5-8(14)3-4-9(10)13/h3-7H,1-2H3,(H,17,18)(H2,15,16,19). The zero-order valence-corrected chi connectivity index (χ0v) is 12.7. The first-order chi connectivity index (χ1) is 8.81. The third-order valence-corrected chi connectivity index (χ3v) is 3.60. The number of urea groups is 1. The van der Waals surface area contributed by atoms with E-state index in [1.807, 2.05) is 0 Å². The Morgan fingerprint density at radius 3 is 2.58 bits per heavy atom. The lowest BCUT2D eigenvalue weighted by molar-refractivity contribution is -0.141. The van der Waals surface area contributed by atoms with Crippen molar-refractivity contribution in [3.8, 4) is 0 Å². The van der Waals surface area contributed by atoms with Crippen LogP contribution in [0, 0.1) is 5.92 Å². The Bertz CT molecular complexity index is 496. The van der Waals surface area contributed by atoms with Gasteiger partial charge in [-0.2, -0.15) is 0 Å². The zero-order chi connectivity index (χ0) is 14.6. The van der Waals surface area contributed by atoms with E-state index in [2.05, 4.69) is 26.6 Å². The molecule has 0 bridgehead atoms. The van der Waals surface area contributed by atoms with Crippen molar-refractivity contribution in [1.29, 1.82) is 0 Å². The van der Waals surface area contributed by atoms with Gasteiger partial charge in [0.25, 0.3) is 0 Å². The molecule has 2 unspecified atom stereocenters. The number of hydrogen-bond acceptors (Lipinski definition) is 2. The monoisotopic (exact) mass is 348 g/mol. The molecule has 2 atom stereocenters. The lowest BCUT2D eigenvalue weighted by Gasteiger charge is -2.18. The highest BCUT2D eigenvalue weighted by atomic mass is 79.9. The number of nitrogens with one attached hydrogen (secondary N) is 2. The maximum atomic E-state index is 11.7. The lowest BCUT2D eigenvalue weighted by atomic mass is 10.0. The number of amides is 2. The molecule has 0 spiro atoms. The van der Waals surface area contributed by atoms with E-state index in [1.54, 1.807) is 25.1 Å². The van der Waals surface area contributed by atoms with Crippen LogP contribution in [0.15, 0.2) is 22.7 Å². The third kappa shape index (κ3) is 4.72. The molecule has 0 fully saturated rings. The topological polar surface area (TPSA) is 78.4 Å². The number of carboxylic acids is 1. The first-order valence-electron chi connectivity index (χ1n) is 5.56. The fraction of sp³-hybridized carbons (Fsp3) is 0.333. The van der Waals surface area contributed by atoms with E-state index >= 15 is 0 Å². The molecule has 0 aliphatic rings. The van der Waals surface area contributed by atoms with Gasteiger partial charge in [-0.05, 0) is 48.0 Å². The molecule has 0 radical (unpaired) electrons. The van der Waals surface area contributed by atoms with Crippen molar-refractivity contribution in [2.24, 2.45) is 5.92 Å². The predicted molar refractivity (Wildman–Crippen MR) is 77.6 cm³/mol. The quantitative estimate of drug-likeness (QED) is 0.780. The molecule has 2 amide bonds. The minimum atomic E-state index is -0.961. The molecule has 3 N–H and O–H groups in total. The second-order valence-corrected chi connectivity index (χ2v) is 5.43. The van der Waals surface area contributed by atoms with Crippen LogP contribution >= 0.6 is 27.5 Å². The summed E-state index contributed by atoms with van der Waals surface area (Å²) in [6.45, 7) is 3.16. The fourth-order valence-corrected chi connectivity index (χ4v) is 1.82. The maximum Gasteiger partial charge on any atom is 0.319 e. The maximum absolute atomic E-state index is 11.7. The molecule has 0 saturated carbocycles. The van der Waals surface area contributed by atoms with Gasteiger partial charge in [0.1, 0.15) is 0 Å². The number of rotatable bonds is 4. The van der Waals surface area contributed by atoms with E-state index in [-0.39, 0.29) is 0 Å². The number of anilines is 1. The first kappa shape index (κ1) is 15.8. The molecule has 104 valence electrons. The lowest BCUT2D eigenvalue weighted by Crippen LogP contribution is -2.42. The first-order valence-corrected chi connectivity index (χ1v) is 6.73. The minimum Gasteiger partial charge on any atom is -0.481 e. The zero-order valence-electron chi connectivity index (χ0n) is 10.4. The smallest absolute Gasteiger partial charge is 0.319 e. The van der Waals surface area contributed by atoms with E-state index in [0.29, 0.717) is 15.2 Å². The number of hydrogen-bond donors (Lipinski definition) is 3. The summed E-state index contributed by atoms with van der Waals surface area (Å²) in [5.41, 5.74) is 0.514. The van der Waals surface area contributed by atoms with Gasteiger partial charge >= 0.3 is 12.0 Å². The van der Waals surface area contributed by atoms with Gasteiger partial charge in [-0.25, -0.2) is 4.79 Å². The number of benzene rings is 1. The summed E-state index contributed by atoms with van der Waals surface area (Å²) in [7, 11) is 0. The summed E-state index contributed by atoms with van der Waals surface area (Å²) in [5, 5.41) is 14.5. The van der Waals surface area contributed by atoms with Crippen LogP contribution < -0.4 is 10.6 Å². The van der Waals surface area contributed by atoms with Crippen LogP contribution in [0.2, 0.25) is 5.02 Å². The number of halogens is 2. The highest BCUT2D eigenvalue weighted by Gasteiger charge is 2.21. The van der Waals surface area contributed by atoms with E-state index in [0.717, 1.165) is 0 Å². The SMILES string of the molecule is CC(NC(=O)Nc1cc(Cl)ccc1Br)C(C)C(=O)O. The minimum absolute atomic E-state index is 0.483. The van der Waals surface area contributed by atoms with E-state index < -0.39 is 24.0 Å². The largest absolute Gasteiger partial charge is 0.481 e. The second-order valence-electron chi connectivity index (χ2n) is 4.14. The Labute approximate surface area is 124 Å². The van der Waals surface area contributed by atoms with Crippen LogP contribution in [0.1, 0.15) is 13.8 Å². The van der Waals surface area contributed by atoms with E-state index in [9.17, 15) is 9.59 Å². The number of carbonyl (C=O) groups excluding carboxylic acids is 1. The molecule has 7 heteroatoms. The van der Waals surface area contributed by atoms with Gasteiger partial charge in [0.2, 0.25) is 0 Å². The molecule has 1 aromatic carbocycles. The Hall–Kier alpha value is -1.27. The average Bonchev–Trinajstić information content (AvgIpc) is 2.32. The van der Waals surface area contributed by atoms with Crippen molar-refractivity contribution in [2.45, 2.75) is 19.9 Å². The van der Waals surface area contributed by atoms with E-state index in [4.69, 9.17) is 16.7 Å². The Balaban J connectivity index is 2.65. The Morgan fingerprint density at radius 2 is 2.00 bits per heavy atom. The van der Waals surface area contributed by atoms with Gasteiger partial charge in [0.15, 0.2) is 0 Å². The molecule has 5 nitrogen and oxygen atoms in total. The molecule has 0 aliphatic carbocycles. The van der Waals surface area contributed by atoms with Crippen LogP contribution in [0.3, 0.4) is 0 Å². The molecule has 0 heterocycles. The van der Waals surface area contributed by atoms with Crippen LogP contribution in [0.5, 0.6) is 0 Å². The van der Waals surface area contributed by atoms with Gasteiger partial charge in [0.05, 0.1) is 11.6 Å². The van der Waals surface area contributed by atoms with Gasteiger partial charge in [-0.15, -0.1) is 0 Å². The molecule has 1 aromatic rings. The molecule has 19 heavy (non-hydrogen) atoms. The second kappa shape index (κ2) is 6.77. The Kier molecular flexibility index (Phi) is 5.62. The molecule has 1 rings (SSSR count). The Morgan fingerprint density at radius 1 is 1.37 bits per heavy atom. The number of carboxylic acid groups (broad SMARTS) is 1. The summed E-state index contributed by atoms with van der Waals surface area (Å²) >= 11 is 9.11. The fourth-order valence-electron chi connectivity index (χ4n) is 1.30. The normalized spacial score (nSPS) is 13.5. The van der Waals surface area contributed by atoms with Crippen LogP contribution in [0.25, 0.3) is 0 Å². The summed E-state index contributed by atoms with van der Waals surface area (Å²) in [5.74, 6) is -1.63. The molecular formula is C12H14BrClN2O3. The van der Waals surface area contributed by atoms with Crippen molar-refractivity contribution in [3.63, 3.8) is 0 Å². The number of aliphatic carboxylic acids is 1. The highest BCUT2D eigenvalue weighted by molar-refractivity contribution is 9.10. The van der Waals surface area contributed by atoms with Crippen LogP contribution in [0.4, 0.5) is 10.5 Å². The van der Waals surface area contributed by atoms with E-state index in [1.165, 1.54) is 6.92 Å². The van der Waals surface area contributed by atoms with Crippen molar-refractivity contribution in [2.75, 3.05) is 5.32 Å². The average molecular weight is 350 g/mol. The van der Waals surface area contributed by atoms with Crippen molar-refractivity contribution >= 4 is 45.2 Å². The van der Waals surface area contributed by atoms with Crippen LogP contribution in [-0.2, 0) is 4.79 Å². The van der Waals surface area contributed by atoms with Crippen molar-refractivity contribution in [1.82, 2.24) is 5.32 Å². The third-order valence-electron chi connectivity index (χ3n) is 2.67. The predicted octanol–water partition coefficient (Wildman–Crippen LogP) is 3.33. The summed E-state index contributed by atoms with van der Waals surface area (Å²) in [4.78, 5) is 22.5. The van der Waals surface area contributed by atoms with Gasteiger partial charge in [0, 0.05) is 15.5 Å².